The van der Waals surface area contributed by atoms with Crippen molar-refractivity contribution in [3.05, 3.63) is 29.8 Å². The molecule has 1 unspecified atom stereocenters. The van der Waals surface area contributed by atoms with Gasteiger partial charge in [-0.3, -0.25) is 0 Å². The summed E-state index contributed by atoms with van der Waals surface area (Å²) in [5.74, 6) is 0. The first kappa shape index (κ1) is 15.4. The standard InChI is InChI=1S/C15H22N2O2S/c1-15(2,3)20(18)16-12-13-5-4-6-14(11-13)17-7-9-19-10-8-17/h4-6,11-12H,7-10H2,1-3H3. The van der Waals surface area contributed by atoms with E-state index in [-0.39, 0.29) is 4.75 Å². The van der Waals surface area contributed by atoms with Crippen LogP contribution in [0.15, 0.2) is 28.7 Å². The van der Waals surface area contributed by atoms with Gasteiger partial charge in [0.05, 0.1) is 19.4 Å². The van der Waals surface area contributed by atoms with Crippen molar-refractivity contribution in [3.63, 3.8) is 0 Å². The van der Waals surface area contributed by atoms with Crippen molar-refractivity contribution >= 4 is 23.3 Å². The average Bonchev–Trinajstić information content (AvgIpc) is 2.45. The van der Waals surface area contributed by atoms with Gasteiger partial charge in [0.15, 0.2) is 0 Å². The van der Waals surface area contributed by atoms with Crippen LogP contribution in [-0.4, -0.2) is 41.8 Å². The third-order valence-corrected chi connectivity index (χ3v) is 4.41. The highest BCUT2D eigenvalue weighted by Crippen LogP contribution is 2.19. The van der Waals surface area contributed by atoms with E-state index in [0.717, 1.165) is 31.9 Å². The summed E-state index contributed by atoms with van der Waals surface area (Å²) in [4.78, 5) is 2.29. The number of nitrogens with zero attached hydrogens (tertiary/aromatic N) is 2. The van der Waals surface area contributed by atoms with Crippen LogP contribution in [0.4, 0.5) is 5.69 Å². The number of hydrogen-bond donors (Lipinski definition) is 0. The molecule has 0 saturated carbocycles. The highest BCUT2D eigenvalue weighted by atomic mass is 32.2. The lowest BCUT2D eigenvalue weighted by atomic mass is 10.2. The zero-order chi connectivity index (χ0) is 14.6. The summed E-state index contributed by atoms with van der Waals surface area (Å²) in [6.07, 6.45) is 1.70. The van der Waals surface area contributed by atoms with Crippen molar-refractivity contribution in [3.8, 4) is 0 Å². The molecule has 5 heteroatoms. The summed E-state index contributed by atoms with van der Waals surface area (Å²) in [6.45, 7) is 9.13. The zero-order valence-electron chi connectivity index (χ0n) is 12.3. The molecule has 1 aromatic carbocycles. The lowest BCUT2D eigenvalue weighted by Crippen LogP contribution is -2.36. The second-order valence-electron chi connectivity index (χ2n) is 5.79. The molecule has 1 aliphatic rings. The fraction of sp³-hybridized carbons (Fsp3) is 0.533. The van der Waals surface area contributed by atoms with Gasteiger partial charge in [0.1, 0.15) is 16.1 Å². The first-order valence-electron chi connectivity index (χ1n) is 6.86. The molecule has 0 aromatic heterocycles. The molecule has 0 aliphatic carbocycles. The molecule has 2 rings (SSSR count). The molecule has 1 fully saturated rings. The number of benzene rings is 1. The van der Waals surface area contributed by atoms with Crippen molar-refractivity contribution in [1.29, 1.82) is 0 Å². The Bertz CT molecular complexity index is 465. The maximum atomic E-state index is 11.9. The third-order valence-electron chi connectivity index (χ3n) is 3.07. The second kappa shape index (κ2) is 6.61. The van der Waals surface area contributed by atoms with E-state index < -0.39 is 11.4 Å². The first-order chi connectivity index (χ1) is 9.47. The fourth-order valence-electron chi connectivity index (χ4n) is 1.89. The van der Waals surface area contributed by atoms with Crippen LogP contribution in [0.25, 0.3) is 0 Å². The van der Waals surface area contributed by atoms with Crippen molar-refractivity contribution < 1.29 is 9.29 Å². The van der Waals surface area contributed by atoms with Gasteiger partial charge >= 0.3 is 0 Å². The minimum atomic E-state index is -1.21. The smallest absolute Gasteiger partial charge is 0.144 e. The molecule has 0 radical (unpaired) electrons. The molecule has 1 atom stereocenters. The molecular weight excluding hydrogens is 272 g/mol. The van der Waals surface area contributed by atoms with Crippen LogP contribution >= 0.6 is 0 Å². The fourth-order valence-corrected chi connectivity index (χ4v) is 2.42. The van der Waals surface area contributed by atoms with Gasteiger partial charge in [0.25, 0.3) is 0 Å². The molecule has 1 heterocycles. The summed E-state index contributed by atoms with van der Waals surface area (Å²) in [5.41, 5.74) is 2.14. The van der Waals surface area contributed by atoms with Crippen molar-refractivity contribution in [2.45, 2.75) is 25.5 Å². The van der Waals surface area contributed by atoms with Crippen LogP contribution in [0, 0.1) is 0 Å². The molecule has 110 valence electrons. The van der Waals surface area contributed by atoms with Crippen LogP contribution < -0.4 is 4.90 Å². The highest BCUT2D eigenvalue weighted by molar-refractivity contribution is 7.91. The molecule has 4 nitrogen and oxygen atoms in total. The number of ether oxygens (including phenoxy) is 1. The van der Waals surface area contributed by atoms with Crippen molar-refractivity contribution in [1.82, 2.24) is 0 Å². The van der Waals surface area contributed by atoms with E-state index in [1.54, 1.807) is 6.21 Å². The van der Waals surface area contributed by atoms with Gasteiger partial charge < -0.3 is 14.2 Å². The van der Waals surface area contributed by atoms with Crippen LogP contribution in [0.2, 0.25) is 0 Å². The monoisotopic (exact) mass is 294 g/mol. The molecule has 1 aliphatic heterocycles. The quantitative estimate of drug-likeness (QED) is 0.635. The van der Waals surface area contributed by atoms with E-state index in [0.29, 0.717) is 0 Å². The Labute approximate surface area is 124 Å². The van der Waals surface area contributed by atoms with Gasteiger partial charge in [-0.05, 0) is 38.5 Å². The van der Waals surface area contributed by atoms with Gasteiger partial charge in [-0.15, -0.1) is 0 Å². The molecule has 1 aromatic rings. The largest absolute Gasteiger partial charge is 0.591 e. The Hall–Kier alpha value is -1.04. The summed E-state index contributed by atoms with van der Waals surface area (Å²) in [7, 11) is 0. The topological polar surface area (TPSA) is 47.9 Å². The number of rotatable bonds is 3. The number of morpholine rings is 1. The summed E-state index contributed by atoms with van der Waals surface area (Å²) in [6, 6.07) is 8.15. The van der Waals surface area contributed by atoms with Crippen LogP contribution in [-0.2, 0) is 16.1 Å². The summed E-state index contributed by atoms with van der Waals surface area (Å²) < 4.78 is 21.1. The molecule has 1 saturated heterocycles. The Morgan fingerprint density at radius 2 is 2.00 bits per heavy atom. The predicted octanol–water partition coefficient (Wildman–Crippen LogP) is 2.40. The van der Waals surface area contributed by atoms with Crippen LogP contribution in [0.5, 0.6) is 0 Å². The lowest BCUT2D eigenvalue weighted by molar-refractivity contribution is 0.122. The van der Waals surface area contributed by atoms with E-state index in [1.165, 1.54) is 5.69 Å². The maximum Gasteiger partial charge on any atom is 0.144 e. The minimum Gasteiger partial charge on any atom is -0.591 e. The van der Waals surface area contributed by atoms with E-state index in [4.69, 9.17) is 4.74 Å². The summed E-state index contributed by atoms with van der Waals surface area (Å²) >= 11 is -1.21. The molecule has 20 heavy (non-hydrogen) atoms. The average molecular weight is 294 g/mol. The van der Waals surface area contributed by atoms with Crippen LogP contribution in [0.3, 0.4) is 0 Å². The number of anilines is 1. The minimum absolute atomic E-state index is 0.321. The molecule has 0 amide bonds. The molecule has 0 bridgehead atoms. The van der Waals surface area contributed by atoms with Crippen molar-refractivity contribution in [2.75, 3.05) is 31.2 Å². The Morgan fingerprint density at radius 3 is 2.65 bits per heavy atom. The van der Waals surface area contributed by atoms with E-state index in [2.05, 4.69) is 21.4 Å². The molecule has 0 N–H and O–H groups in total. The van der Waals surface area contributed by atoms with Gasteiger partial charge in [0.2, 0.25) is 0 Å². The highest BCUT2D eigenvalue weighted by Gasteiger charge is 2.25. The van der Waals surface area contributed by atoms with E-state index >= 15 is 0 Å². The summed E-state index contributed by atoms with van der Waals surface area (Å²) in [5, 5.41) is 0. The van der Waals surface area contributed by atoms with Gasteiger partial charge in [0, 0.05) is 18.8 Å². The molecular formula is C15H22N2O2S. The van der Waals surface area contributed by atoms with Crippen molar-refractivity contribution in [2.24, 2.45) is 4.40 Å². The third kappa shape index (κ3) is 4.23. The van der Waals surface area contributed by atoms with Gasteiger partial charge in [-0.25, -0.2) is 0 Å². The molecule has 0 spiro atoms. The normalized spacial score (nSPS) is 18.5. The second-order valence-corrected chi connectivity index (χ2v) is 7.72. The Morgan fingerprint density at radius 1 is 1.30 bits per heavy atom. The maximum absolute atomic E-state index is 11.9. The Balaban J connectivity index is 2.07. The van der Waals surface area contributed by atoms with E-state index in [1.807, 2.05) is 32.9 Å². The van der Waals surface area contributed by atoms with Crippen LogP contribution in [0.1, 0.15) is 26.3 Å². The predicted molar refractivity (Wildman–Crippen MR) is 85.0 cm³/mol. The first-order valence-corrected chi connectivity index (χ1v) is 7.96. The van der Waals surface area contributed by atoms with Gasteiger partial charge in [-0.2, -0.15) is 0 Å². The Kier molecular flexibility index (Phi) is 5.07. The zero-order valence-corrected chi connectivity index (χ0v) is 13.2. The SMILES string of the molecule is CC(C)(C)[S+]([O-])N=Cc1cccc(N2CCOCC2)c1. The lowest BCUT2D eigenvalue weighted by Gasteiger charge is -2.29. The number of hydrogen-bond acceptors (Lipinski definition) is 4. The van der Waals surface area contributed by atoms with E-state index in [9.17, 15) is 4.55 Å². The van der Waals surface area contributed by atoms with Gasteiger partial charge in [-0.1, -0.05) is 16.5 Å².